The smallest absolute Gasteiger partial charge is 0.319 e. The summed E-state index contributed by atoms with van der Waals surface area (Å²) in [4.78, 5) is 28.4. The number of benzene rings is 3. The minimum absolute atomic E-state index is 0.0829. The number of thioether (sulfide) groups is 1. The molecule has 13 heteroatoms. The summed E-state index contributed by atoms with van der Waals surface area (Å²) < 4.78 is 38.3. The Hall–Kier alpha value is -4.33. The lowest BCUT2D eigenvalue weighted by atomic mass is 10.1. The molecular weight excluding hydrogens is 627 g/mol. The fraction of sp³-hybridized carbons (Fsp3) is 0.303. The first-order valence-corrected chi connectivity index (χ1v) is 17.5. The molecule has 0 bridgehead atoms. The molecule has 242 valence electrons. The number of carbonyl (C=O) groups is 2. The lowest BCUT2D eigenvalue weighted by Crippen LogP contribution is -2.35. The van der Waals surface area contributed by atoms with Crippen molar-refractivity contribution in [2.75, 3.05) is 41.4 Å². The van der Waals surface area contributed by atoms with E-state index in [4.69, 9.17) is 9.29 Å². The second-order valence-electron chi connectivity index (χ2n) is 11.0. The van der Waals surface area contributed by atoms with Crippen LogP contribution in [0.5, 0.6) is 5.75 Å². The average molecular weight is 664 g/mol. The Balaban J connectivity index is 1.20. The molecule has 3 amide bonds. The summed E-state index contributed by atoms with van der Waals surface area (Å²) in [5.41, 5.74) is 6.60. The Bertz CT molecular complexity index is 1820. The second kappa shape index (κ2) is 14.8. The lowest BCUT2D eigenvalue weighted by Gasteiger charge is -2.30. The summed E-state index contributed by atoms with van der Waals surface area (Å²) in [6.07, 6.45) is 4.81. The van der Waals surface area contributed by atoms with Gasteiger partial charge in [-0.2, -0.15) is 13.5 Å². The van der Waals surface area contributed by atoms with Crippen molar-refractivity contribution in [1.82, 2.24) is 15.1 Å². The predicted octanol–water partition coefficient (Wildman–Crippen LogP) is 5.52. The van der Waals surface area contributed by atoms with Gasteiger partial charge < -0.3 is 20.3 Å². The predicted molar refractivity (Wildman–Crippen MR) is 180 cm³/mol. The third kappa shape index (κ3) is 8.68. The van der Waals surface area contributed by atoms with E-state index in [1.807, 2.05) is 65.3 Å². The van der Waals surface area contributed by atoms with Gasteiger partial charge in [-0.1, -0.05) is 36.4 Å². The lowest BCUT2D eigenvalue weighted by molar-refractivity contribution is -0.118. The maximum atomic E-state index is 13.3. The highest BCUT2D eigenvalue weighted by molar-refractivity contribution is 7.99. The number of aryl methyl sites for hydroxylation is 1. The Morgan fingerprint density at radius 1 is 1.09 bits per heavy atom. The fourth-order valence-electron chi connectivity index (χ4n) is 5.15. The van der Waals surface area contributed by atoms with Crippen LogP contribution in [0.1, 0.15) is 29.5 Å². The first-order valence-electron chi connectivity index (χ1n) is 14.9. The zero-order chi connectivity index (χ0) is 32.7. The SMILES string of the molecule is Cc1cccc(OCCCC(=O)N2CCSc3c(-c4cnn(Cc5cccc(NC(=O)NCCS(=O)(=O)O)c5)c4)cccc32)c1C. The van der Waals surface area contributed by atoms with Crippen LogP contribution in [0.2, 0.25) is 0 Å². The number of ether oxygens (including phenoxy) is 1. The maximum absolute atomic E-state index is 13.3. The minimum Gasteiger partial charge on any atom is -0.493 e. The number of amides is 3. The van der Waals surface area contributed by atoms with Crippen LogP contribution in [0, 0.1) is 13.8 Å². The van der Waals surface area contributed by atoms with Crippen LogP contribution in [-0.2, 0) is 21.5 Å². The molecule has 0 saturated carbocycles. The summed E-state index contributed by atoms with van der Waals surface area (Å²) in [6, 6.07) is 18.7. The van der Waals surface area contributed by atoms with Gasteiger partial charge >= 0.3 is 6.03 Å². The van der Waals surface area contributed by atoms with E-state index in [1.165, 1.54) is 5.56 Å². The number of nitrogens with zero attached hydrogens (tertiary/aromatic N) is 3. The van der Waals surface area contributed by atoms with Crippen LogP contribution >= 0.6 is 11.8 Å². The van der Waals surface area contributed by atoms with Crippen molar-refractivity contribution in [3.63, 3.8) is 0 Å². The van der Waals surface area contributed by atoms with Crippen molar-refractivity contribution in [3.05, 3.63) is 89.7 Å². The topological polar surface area (TPSA) is 143 Å². The Labute approximate surface area is 273 Å². The van der Waals surface area contributed by atoms with Crippen LogP contribution in [0.4, 0.5) is 16.2 Å². The van der Waals surface area contributed by atoms with Crippen LogP contribution in [0.3, 0.4) is 0 Å². The van der Waals surface area contributed by atoms with Gasteiger partial charge in [0.05, 0.1) is 30.8 Å². The van der Waals surface area contributed by atoms with Gasteiger partial charge in [0.1, 0.15) is 5.75 Å². The van der Waals surface area contributed by atoms with Crippen LogP contribution in [0.15, 0.2) is 78.0 Å². The molecule has 0 atom stereocenters. The third-order valence-corrected chi connectivity index (χ3v) is 9.44. The molecule has 1 aliphatic heterocycles. The van der Waals surface area contributed by atoms with Gasteiger partial charge in [0, 0.05) is 53.2 Å². The van der Waals surface area contributed by atoms with E-state index in [9.17, 15) is 18.0 Å². The molecule has 1 aliphatic rings. The zero-order valence-corrected chi connectivity index (χ0v) is 27.4. The number of fused-ring (bicyclic) bond motifs is 1. The van der Waals surface area contributed by atoms with Crippen molar-refractivity contribution in [3.8, 4) is 16.9 Å². The van der Waals surface area contributed by atoms with Crippen molar-refractivity contribution in [2.24, 2.45) is 0 Å². The molecule has 3 aromatic carbocycles. The molecular formula is C33H37N5O6S2. The van der Waals surface area contributed by atoms with Gasteiger partial charge in [-0.15, -0.1) is 11.8 Å². The van der Waals surface area contributed by atoms with E-state index in [-0.39, 0.29) is 12.5 Å². The molecule has 5 rings (SSSR count). The molecule has 11 nitrogen and oxygen atoms in total. The Kier molecular flexibility index (Phi) is 10.7. The number of urea groups is 1. The van der Waals surface area contributed by atoms with E-state index in [0.717, 1.165) is 44.3 Å². The molecule has 0 aliphatic carbocycles. The van der Waals surface area contributed by atoms with Crippen molar-refractivity contribution in [2.45, 2.75) is 38.1 Å². The third-order valence-electron chi connectivity index (χ3n) is 7.61. The van der Waals surface area contributed by atoms with Crippen molar-refractivity contribution >= 4 is 45.2 Å². The highest BCUT2D eigenvalue weighted by Gasteiger charge is 2.25. The number of rotatable bonds is 12. The van der Waals surface area contributed by atoms with E-state index in [1.54, 1.807) is 30.0 Å². The number of anilines is 2. The number of hydrogen-bond acceptors (Lipinski definition) is 7. The van der Waals surface area contributed by atoms with E-state index in [0.29, 0.717) is 38.2 Å². The summed E-state index contributed by atoms with van der Waals surface area (Å²) in [5, 5.41) is 9.62. The minimum atomic E-state index is -4.15. The van der Waals surface area contributed by atoms with Crippen LogP contribution in [-0.4, -0.2) is 65.9 Å². The normalized spacial score (nSPS) is 12.8. The maximum Gasteiger partial charge on any atom is 0.319 e. The van der Waals surface area contributed by atoms with Crippen molar-refractivity contribution in [1.29, 1.82) is 0 Å². The number of aromatic nitrogens is 2. The van der Waals surface area contributed by atoms with Gasteiger partial charge in [-0.25, -0.2) is 4.79 Å². The first kappa shape index (κ1) is 33.0. The molecule has 0 radical (unpaired) electrons. The molecule has 0 fully saturated rings. The molecule has 0 spiro atoms. The first-order chi connectivity index (χ1) is 22.1. The molecule has 3 N–H and O–H groups in total. The van der Waals surface area contributed by atoms with Crippen LogP contribution in [0.25, 0.3) is 11.1 Å². The van der Waals surface area contributed by atoms with E-state index >= 15 is 0 Å². The summed E-state index contributed by atoms with van der Waals surface area (Å²) in [5.74, 6) is 1.18. The van der Waals surface area contributed by atoms with Gasteiger partial charge in [0.25, 0.3) is 10.1 Å². The standard InChI is InChI=1S/C33H37N5O6S2/c1-23-7-3-12-30(24(23)2)44-16-6-13-31(39)38-15-17-45-32-28(10-5-11-29(32)38)26-20-35-37(22-26)21-25-8-4-9-27(19-25)36-33(40)34-14-18-46(41,42)43/h3-5,7-12,19-20,22H,6,13-18,21H2,1-2H3,(H2,34,36,40)(H,41,42,43). The largest absolute Gasteiger partial charge is 0.493 e. The molecule has 4 aromatic rings. The summed E-state index contributed by atoms with van der Waals surface area (Å²) in [7, 11) is -4.15. The Morgan fingerprint density at radius 2 is 1.89 bits per heavy atom. The number of carbonyl (C=O) groups excluding carboxylic acids is 2. The van der Waals surface area contributed by atoms with Gasteiger partial charge in [-0.05, 0) is 61.2 Å². The van der Waals surface area contributed by atoms with Gasteiger partial charge in [0.2, 0.25) is 5.91 Å². The zero-order valence-electron chi connectivity index (χ0n) is 25.7. The molecule has 1 aromatic heterocycles. The quantitative estimate of drug-likeness (QED) is 0.133. The van der Waals surface area contributed by atoms with Gasteiger partial charge in [0.15, 0.2) is 0 Å². The molecule has 0 saturated heterocycles. The highest BCUT2D eigenvalue weighted by atomic mass is 32.2. The second-order valence-corrected chi connectivity index (χ2v) is 13.7. The Morgan fingerprint density at radius 3 is 2.72 bits per heavy atom. The van der Waals surface area contributed by atoms with E-state index < -0.39 is 21.9 Å². The van der Waals surface area contributed by atoms with Crippen molar-refractivity contribution < 1.29 is 27.3 Å². The number of nitrogens with one attached hydrogen (secondary N) is 2. The molecule has 0 unspecified atom stereocenters. The monoisotopic (exact) mass is 663 g/mol. The summed E-state index contributed by atoms with van der Waals surface area (Å²) >= 11 is 1.74. The van der Waals surface area contributed by atoms with Gasteiger partial charge in [-0.3, -0.25) is 14.0 Å². The summed E-state index contributed by atoms with van der Waals surface area (Å²) in [6.45, 7) is 5.48. The van der Waals surface area contributed by atoms with Crippen LogP contribution < -0.4 is 20.3 Å². The fourth-order valence-corrected chi connectivity index (χ4v) is 6.65. The highest BCUT2D eigenvalue weighted by Crippen LogP contribution is 2.42. The molecule has 2 heterocycles. The average Bonchev–Trinajstić information content (AvgIpc) is 3.48. The van der Waals surface area contributed by atoms with E-state index in [2.05, 4.69) is 28.7 Å². The number of hydrogen-bond donors (Lipinski definition) is 3. The molecule has 46 heavy (non-hydrogen) atoms.